The number of aryl methyl sites for hydroxylation is 2. The Bertz CT molecular complexity index is 600. The van der Waals surface area contributed by atoms with Gasteiger partial charge in [-0.25, -0.2) is 0 Å². The molecule has 0 bridgehead atoms. The Labute approximate surface area is 119 Å². The lowest BCUT2D eigenvalue weighted by molar-refractivity contribution is 0.0921. The number of hydrogen-bond acceptors (Lipinski definition) is 3. The first kappa shape index (κ1) is 14.1. The van der Waals surface area contributed by atoms with Crippen LogP contribution in [0.5, 0.6) is 11.5 Å². The quantitative estimate of drug-likeness (QED) is 0.779. The summed E-state index contributed by atoms with van der Waals surface area (Å²) in [5.41, 5.74) is 2.84. The van der Waals surface area contributed by atoms with Gasteiger partial charge in [-0.1, -0.05) is 23.8 Å². The number of rotatable bonds is 5. The van der Waals surface area contributed by atoms with Crippen LogP contribution >= 0.6 is 0 Å². The molecule has 0 saturated carbocycles. The first-order chi connectivity index (χ1) is 9.60. The summed E-state index contributed by atoms with van der Waals surface area (Å²) in [4.78, 5) is 12.1. The van der Waals surface area contributed by atoms with Crippen molar-refractivity contribution in [2.24, 2.45) is 0 Å². The minimum absolute atomic E-state index is 0.0154. The molecule has 3 nitrogen and oxygen atoms in total. The lowest BCUT2D eigenvalue weighted by Gasteiger charge is -2.08. The van der Waals surface area contributed by atoms with Crippen LogP contribution in [0.4, 0.5) is 0 Å². The molecular weight excluding hydrogens is 252 g/mol. The van der Waals surface area contributed by atoms with Gasteiger partial charge in [0.15, 0.2) is 12.4 Å². The van der Waals surface area contributed by atoms with Gasteiger partial charge in [-0.2, -0.15) is 0 Å². The third kappa shape index (κ3) is 3.38. The molecular formula is C17H18O3. The minimum Gasteiger partial charge on any atom is -0.497 e. The van der Waals surface area contributed by atoms with Crippen molar-refractivity contribution in [2.75, 3.05) is 13.7 Å². The molecule has 0 aliphatic carbocycles. The fourth-order valence-electron chi connectivity index (χ4n) is 2.03. The monoisotopic (exact) mass is 270 g/mol. The number of carbonyl (C=O) groups excluding carboxylic acids is 1. The van der Waals surface area contributed by atoms with Gasteiger partial charge in [-0.05, 0) is 43.7 Å². The predicted molar refractivity (Wildman–Crippen MR) is 78.7 cm³/mol. The lowest BCUT2D eigenvalue weighted by atomic mass is 10.0. The van der Waals surface area contributed by atoms with Gasteiger partial charge in [0.2, 0.25) is 0 Å². The van der Waals surface area contributed by atoms with Gasteiger partial charge in [0.05, 0.1) is 7.11 Å². The highest BCUT2D eigenvalue weighted by molar-refractivity contribution is 5.98. The average Bonchev–Trinajstić information content (AvgIpc) is 2.45. The SMILES string of the molecule is COc1ccc(OCC(=O)c2ccc(C)cc2C)cc1. The van der Waals surface area contributed by atoms with Crippen LogP contribution in [0.1, 0.15) is 21.5 Å². The third-order valence-corrected chi connectivity index (χ3v) is 3.11. The second-order valence-electron chi connectivity index (χ2n) is 4.71. The highest BCUT2D eigenvalue weighted by Crippen LogP contribution is 2.18. The van der Waals surface area contributed by atoms with Crippen molar-refractivity contribution in [3.05, 3.63) is 59.2 Å². The summed E-state index contributed by atoms with van der Waals surface area (Å²) in [5.74, 6) is 1.40. The molecule has 0 N–H and O–H groups in total. The number of methoxy groups -OCH3 is 1. The Balaban J connectivity index is 2.00. The maximum absolute atomic E-state index is 12.1. The summed E-state index contributed by atoms with van der Waals surface area (Å²) in [6, 6.07) is 13.0. The molecule has 2 rings (SSSR count). The zero-order valence-electron chi connectivity index (χ0n) is 12.0. The van der Waals surface area contributed by atoms with Crippen molar-refractivity contribution >= 4 is 5.78 Å². The molecule has 2 aromatic rings. The van der Waals surface area contributed by atoms with Crippen molar-refractivity contribution in [3.63, 3.8) is 0 Å². The summed E-state index contributed by atoms with van der Waals surface area (Å²) in [5, 5.41) is 0. The van der Waals surface area contributed by atoms with Crippen LogP contribution in [0, 0.1) is 13.8 Å². The standard InChI is InChI=1S/C17H18O3/c1-12-4-9-16(13(2)10-12)17(18)11-20-15-7-5-14(19-3)6-8-15/h4-10H,11H2,1-3H3. The van der Waals surface area contributed by atoms with E-state index in [0.29, 0.717) is 11.3 Å². The van der Waals surface area contributed by atoms with E-state index in [9.17, 15) is 4.79 Å². The topological polar surface area (TPSA) is 35.5 Å². The summed E-state index contributed by atoms with van der Waals surface area (Å²) >= 11 is 0. The van der Waals surface area contributed by atoms with E-state index in [1.54, 1.807) is 31.4 Å². The smallest absolute Gasteiger partial charge is 0.200 e. The molecule has 0 aliphatic heterocycles. The third-order valence-electron chi connectivity index (χ3n) is 3.11. The maximum Gasteiger partial charge on any atom is 0.200 e. The van der Waals surface area contributed by atoms with Crippen molar-refractivity contribution in [3.8, 4) is 11.5 Å². The van der Waals surface area contributed by atoms with Crippen molar-refractivity contribution in [1.29, 1.82) is 0 Å². The fraction of sp³-hybridized carbons (Fsp3) is 0.235. The van der Waals surface area contributed by atoms with E-state index in [0.717, 1.165) is 16.9 Å². The summed E-state index contributed by atoms with van der Waals surface area (Å²) in [7, 11) is 1.61. The Hall–Kier alpha value is -2.29. The first-order valence-corrected chi connectivity index (χ1v) is 6.47. The molecule has 0 fully saturated rings. The van der Waals surface area contributed by atoms with E-state index >= 15 is 0 Å². The molecule has 0 atom stereocenters. The Morgan fingerprint density at radius 1 is 1.00 bits per heavy atom. The molecule has 2 aromatic carbocycles. The van der Waals surface area contributed by atoms with E-state index in [2.05, 4.69) is 0 Å². The van der Waals surface area contributed by atoms with Crippen LogP contribution in [-0.2, 0) is 0 Å². The highest BCUT2D eigenvalue weighted by Gasteiger charge is 2.10. The molecule has 3 heteroatoms. The maximum atomic E-state index is 12.1. The van der Waals surface area contributed by atoms with E-state index in [1.807, 2.05) is 32.0 Å². The second kappa shape index (κ2) is 6.24. The summed E-state index contributed by atoms with van der Waals surface area (Å²) in [6.07, 6.45) is 0. The second-order valence-corrected chi connectivity index (χ2v) is 4.71. The number of ether oxygens (including phenoxy) is 2. The van der Waals surface area contributed by atoms with Crippen LogP contribution < -0.4 is 9.47 Å². The van der Waals surface area contributed by atoms with Crippen LogP contribution in [-0.4, -0.2) is 19.5 Å². The number of hydrogen-bond donors (Lipinski definition) is 0. The molecule has 0 heterocycles. The molecule has 0 spiro atoms. The largest absolute Gasteiger partial charge is 0.497 e. The molecule has 0 unspecified atom stereocenters. The van der Waals surface area contributed by atoms with Gasteiger partial charge in [0.25, 0.3) is 0 Å². The van der Waals surface area contributed by atoms with E-state index in [-0.39, 0.29) is 12.4 Å². The number of Topliss-reactive ketones (excluding diaryl/α,β-unsaturated/α-hetero) is 1. The predicted octanol–water partition coefficient (Wildman–Crippen LogP) is 3.57. The highest BCUT2D eigenvalue weighted by atomic mass is 16.5. The number of carbonyl (C=O) groups is 1. The Kier molecular flexibility index (Phi) is 4.41. The fourth-order valence-corrected chi connectivity index (χ4v) is 2.03. The van der Waals surface area contributed by atoms with Gasteiger partial charge in [0.1, 0.15) is 11.5 Å². The van der Waals surface area contributed by atoms with Gasteiger partial charge in [-0.15, -0.1) is 0 Å². The van der Waals surface area contributed by atoms with E-state index in [4.69, 9.17) is 9.47 Å². The number of benzene rings is 2. The Morgan fingerprint density at radius 3 is 2.25 bits per heavy atom. The van der Waals surface area contributed by atoms with Crippen LogP contribution in [0.3, 0.4) is 0 Å². The van der Waals surface area contributed by atoms with E-state index in [1.165, 1.54) is 0 Å². The van der Waals surface area contributed by atoms with Crippen molar-refractivity contribution in [2.45, 2.75) is 13.8 Å². The van der Waals surface area contributed by atoms with Crippen LogP contribution in [0.15, 0.2) is 42.5 Å². The van der Waals surface area contributed by atoms with Crippen LogP contribution in [0.25, 0.3) is 0 Å². The molecule has 0 radical (unpaired) electrons. The van der Waals surface area contributed by atoms with Gasteiger partial charge in [0, 0.05) is 5.56 Å². The molecule has 20 heavy (non-hydrogen) atoms. The summed E-state index contributed by atoms with van der Waals surface area (Å²) in [6.45, 7) is 3.99. The van der Waals surface area contributed by atoms with Gasteiger partial charge >= 0.3 is 0 Å². The van der Waals surface area contributed by atoms with Gasteiger partial charge < -0.3 is 9.47 Å². The molecule has 0 aliphatic rings. The molecule has 0 aromatic heterocycles. The normalized spacial score (nSPS) is 10.2. The number of ketones is 1. The first-order valence-electron chi connectivity index (χ1n) is 6.47. The van der Waals surface area contributed by atoms with E-state index < -0.39 is 0 Å². The average molecular weight is 270 g/mol. The molecule has 0 amide bonds. The molecule has 104 valence electrons. The zero-order valence-corrected chi connectivity index (χ0v) is 12.0. The molecule has 0 saturated heterocycles. The Morgan fingerprint density at radius 2 is 1.65 bits per heavy atom. The van der Waals surface area contributed by atoms with Crippen LogP contribution in [0.2, 0.25) is 0 Å². The van der Waals surface area contributed by atoms with Crippen molar-refractivity contribution < 1.29 is 14.3 Å². The summed E-state index contributed by atoms with van der Waals surface area (Å²) < 4.78 is 10.6. The lowest BCUT2D eigenvalue weighted by Crippen LogP contribution is -2.13. The zero-order chi connectivity index (χ0) is 14.5. The minimum atomic E-state index is -0.0154. The van der Waals surface area contributed by atoms with Crippen molar-refractivity contribution in [1.82, 2.24) is 0 Å². The van der Waals surface area contributed by atoms with Gasteiger partial charge in [-0.3, -0.25) is 4.79 Å².